The minimum absolute atomic E-state index is 0.0172. The molecule has 1 aromatic carbocycles. The molecule has 0 spiro atoms. The molecule has 0 aliphatic rings. The van der Waals surface area contributed by atoms with Gasteiger partial charge >= 0.3 is 5.97 Å². The van der Waals surface area contributed by atoms with Crippen molar-refractivity contribution in [3.63, 3.8) is 0 Å². The monoisotopic (exact) mass is 319 g/mol. The Kier molecular flexibility index (Phi) is 5.56. The van der Waals surface area contributed by atoms with Crippen molar-refractivity contribution in [3.05, 3.63) is 28.8 Å². The van der Waals surface area contributed by atoms with Gasteiger partial charge in [-0.3, -0.25) is 4.79 Å². The third kappa shape index (κ3) is 4.19. The number of sulfonamides is 1. The number of nitrogens with zero attached hydrogens (tertiary/aromatic N) is 1. The lowest BCUT2D eigenvalue weighted by atomic mass is 10.2. The van der Waals surface area contributed by atoms with Crippen molar-refractivity contribution in [2.75, 3.05) is 13.1 Å². The molecule has 0 aromatic heterocycles. The highest BCUT2D eigenvalue weighted by atomic mass is 35.5. The van der Waals surface area contributed by atoms with Gasteiger partial charge < -0.3 is 5.11 Å². The molecule has 0 heterocycles. The Labute approximate surface area is 124 Å². The van der Waals surface area contributed by atoms with E-state index >= 15 is 0 Å². The van der Waals surface area contributed by atoms with Crippen LogP contribution in [0.25, 0.3) is 0 Å². The molecule has 1 rings (SSSR count). The van der Waals surface area contributed by atoms with Gasteiger partial charge in [-0.05, 0) is 30.5 Å². The second kappa shape index (κ2) is 6.56. The van der Waals surface area contributed by atoms with Crippen molar-refractivity contribution in [2.45, 2.75) is 25.7 Å². The molecular formula is C13H18ClNO4S. The summed E-state index contributed by atoms with van der Waals surface area (Å²) in [5, 5.41) is 9.20. The summed E-state index contributed by atoms with van der Waals surface area (Å²) < 4.78 is 26.1. The molecular weight excluding hydrogens is 302 g/mol. The normalized spacial score (nSPS) is 12.1. The lowest BCUT2D eigenvalue weighted by Gasteiger charge is -2.23. The number of rotatable bonds is 6. The van der Waals surface area contributed by atoms with Gasteiger partial charge in [0.05, 0.1) is 4.90 Å². The highest BCUT2D eigenvalue weighted by Gasteiger charge is 2.28. The molecule has 0 fully saturated rings. The van der Waals surface area contributed by atoms with Gasteiger partial charge in [0, 0.05) is 11.6 Å². The van der Waals surface area contributed by atoms with Crippen LogP contribution in [0.1, 0.15) is 19.4 Å². The molecule has 0 atom stereocenters. The summed E-state index contributed by atoms with van der Waals surface area (Å²) in [6.07, 6.45) is 0. The standard InChI is InChI=1S/C13H18ClNO4S/c1-9(2)7-15(8-13(16)17)20(18,19)12-6-11(14)5-4-10(12)3/h4-6,9H,7-8H2,1-3H3,(H,16,17). The van der Waals surface area contributed by atoms with Crippen molar-refractivity contribution in [1.82, 2.24) is 4.31 Å². The summed E-state index contributed by atoms with van der Waals surface area (Å²) in [6.45, 7) is 4.88. The summed E-state index contributed by atoms with van der Waals surface area (Å²) in [5.41, 5.74) is 0.536. The zero-order chi connectivity index (χ0) is 15.5. The maximum Gasteiger partial charge on any atom is 0.318 e. The Morgan fingerprint density at radius 3 is 2.50 bits per heavy atom. The minimum atomic E-state index is -3.88. The van der Waals surface area contributed by atoms with Crippen LogP contribution in [0, 0.1) is 12.8 Å². The summed E-state index contributed by atoms with van der Waals surface area (Å²) in [6, 6.07) is 4.55. The SMILES string of the molecule is Cc1ccc(Cl)cc1S(=O)(=O)N(CC(=O)O)CC(C)C. The number of benzene rings is 1. The van der Waals surface area contributed by atoms with Gasteiger partial charge in [-0.2, -0.15) is 4.31 Å². The largest absolute Gasteiger partial charge is 0.480 e. The lowest BCUT2D eigenvalue weighted by molar-refractivity contribution is -0.137. The number of hydrogen-bond donors (Lipinski definition) is 1. The van der Waals surface area contributed by atoms with Crippen LogP contribution >= 0.6 is 11.6 Å². The third-order valence-corrected chi connectivity index (χ3v) is 4.84. The number of carbonyl (C=O) groups is 1. The molecule has 20 heavy (non-hydrogen) atoms. The first-order chi connectivity index (χ1) is 9.14. The van der Waals surface area contributed by atoms with Crippen molar-refractivity contribution in [3.8, 4) is 0 Å². The summed E-state index contributed by atoms with van der Waals surface area (Å²) >= 11 is 5.84. The van der Waals surface area contributed by atoms with Crippen molar-refractivity contribution < 1.29 is 18.3 Å². The summed E-state index contributed by atoms with van der Waals surface area (Å²) in [5.74, 6) is -1.17. The third-order valence-electron chi connectivity index (χ3n) is 2.65. The van der Waals surface area contributed by atoms with Crippen LogP contribution in [0.15, 0.2) is 23.1 Å². The van der Waals surface area contributed by atoms with Crippen LogP contribution in [0.4, 0.5) is 0 Å². The Morgan fingerprint density at radius 2 is 2.00 bits per heavy atom. The molecule has 0 radical (unpaired) electrons. The van der Waals surface area contributed by atoms with E-state index in [4.69, 9.17) is 16.7 Å². The van der Waals surface area contributed by atoms with E-state index in [1.165, 1.54) is 6.07 Å². The van der Waals surface area contributed by atoms with E-state index in [2.05, 4.69) is 0 Å². The summed E-state index contributed by atoms with van der Waals surface area (Å²) in [7, 11) is -3.88. The number of carboxylic acids is 1. The molecule has 1 aromatic rings. The molecule has 0 saturated heterocycles. The minimum Gasteiger partial charge on any atom is -0.480 e. The number of aryl methyl sites for hydroxylation is 1. The maximum absolute atomic E-state index is 12.6. The number of carboxylic acid groups (broad SMARTS) is 1. The predicted molar refractivity (Wildman–Crippen MR) is 77.4 cm³/mol. The van der Waals surface area contributed by atoms with Crippen LogP contribution < -0.4 is 0 Å². The highest BCUT2D eigenvalue weighted by molar-refractivity contribution is 7.89. The fourth-order valence-corrected chi connectivity index (χ4v) is 3.84. The molecule has 0 bridgehead atoms. The zero-order valence-electron chi connectivity index (χ0n) is 11.6. The first-order valence-corrected chi connectivity index (χ1v) is 7.94. The fraction of sp³-hybridized carbons (Fsp3) is 0.462. The Morgan fingerprint density at radius 1 is 1.40 bits per heavy atom. The average Bonchev–Trinajstić information content (AvgIpc) is 2.30. The van der Waals surface area contributed by atoms with E-state index in [0.29, 0.717) is 10.6 Å². The first-order valence-electron chi connectivity index (χ1n) is 6.12. The maximum atomic E-state index is 12.6. The number of hydrogen-bond acceptors (Lipinski definition) is 3. The first kappa shape index (κ1) is 16.9. The van der Waals surface area contributed by atoms with E-state index in [0.717, 1.165) is 4.31 Å². The van der Waals surface area contributed by atoms with Gasteiger partial charge in [-0.25, -0.2) is 8.42 Å². The smallest absolute Gasteiger partial charge is 0.318 e. The van der Waals surface area contributed by atoms with Gasteiger partial charge in [0.25, 0.3) is 0 Å². The van der Waals surface area contributed by atoms with Crippen LogP contribution in [0.5, 0.6) is 0 Å². The molecule has 0 aliphatic carbocycles. The molecule has 0 unspecified atom stereocenters. The van der Waals surface area contributed by atoms with Gasteiger partial charge in [0.2, 0.25) is 10.0 Å². The Hall–Kier alpha value is -1.11. The molecule has 0 saturated carbocycles. The zero-order valence-corrected chi connectivity index (χ0v) is 13.2. The van der Waals surface area contributed by atoms with Gasteiger partial charge in [-0.15, -0.1) is 0 Å². The number of aliphatic carboxylic acids is 1. The van der Waals surface area contributed by atoms with Crippen LogP contribution in [-0.4, -0.2) is 36.9 Å². The molecule has 1 N–H and O–H groups in total. The van der Waals surface area contributed by atoms with Gasteiger partial charge in [-0.1, -0.05) is 31.5 Å². The van der Waals surface area contributed by atoms with E-state index in [9.17, 15) is 13.2 Å². The average molecular weight is 320 g/mol. The van der Waals surface area contributed by atoms with Crippen LogP contribution in [0.2, 0.25) is 5.02 Å². The molecule has 112 valence electrons. The van der Waals surface area contributed by atoms with Crippen molar-refractivity contribution in [2.24, 2.45) is 5.92 Å². The second-order valence-corrected chi connectivity index (χ2v) is 7.34. The van der Waals surface area contributed by atoms with Crippen LogP contribution in [0.3, 0.4) is 0 Å². The van der Waals surface area contributed by atoms with E-state index in [1.807, 2.05) is 13.8 Å². The quantitative estimate of drug-likeness (QED) is 0.873. The van der Waals surface area contributed by atoms with Crippen LogP contribution in [-0.2, 0) is 14.8 Å². The molecule has 0 aliphatic heterocycles. The fourth-order valence-electron chi connectivity index (χ4n) is 1.80. The predicted octanol–water partition coefficient (Wildman–Crippen LogP) is 2.38. The van der Waals surface area contributed by atoms with E-state index in [1.54, 1.807) is 19.1 Å². The lowest BCUT2D eigenvalue weighted by Crippen LogP contribution is -2.38. The van der Waals surface area contributed by atoms with Gasteiger partial charge in [0.15, 0.2) is 0 Å². The summed E-state index contributed by atoms with van der Waals surface area (Å²) in [4.78, 5) is 10.9. The molecule has 5 nitrogen and oxygen atoms in total. The Balaban J connectivity index is 3.28. The second-order valence-electron chi connectivity index (χ2n) is 4.99. The van der Waals surface area contributed by atoms with Crippen molar-refractivity contribution >= 4 is 27.6 Å². The van der Waals surface area contributed by atoms with E-state index < -0.39 is 22.5 Å². The van der Waals surface area contributed by atoms with Crippen molar-refractivity contribution in [1.29, 1.82) is 0 Å². The molecule has 7 heteroatoms. The highest BCUT2D eigenvalue weighted by Crippen LogP contribution is 2.24. The molecule has 0 amide bonds. The Bertz CT molecular complexity index is 598. The number of halogens is 1. The topological polar surface area (TPSA) is 74.7 Å². The van der Waals surface area contributed by atoms with Gasteiger partial charge in [0.1, 0.15) is 6.54 Å². The van der Waals surface area contributed by atoms with E-state index in [-0.39, 0.29) is 17.4 Å².